The van der Waals surface area contributed by atoms with Gasteiger partial charge >= 0.3 is 0 Å². The van der Waals surface area contributed by atoms with Gasteiger partial charge in [-0.05, 0) is 55.3 Å². The summed E-state index contributed by atoms with van der Waals surface area (Å²) in [5.74, 6) is 0.536. The van der Waals surface area contributed by atoms with Crippen molar-refractivity contribution in [3.63, 3.8) is 0 Å². The lowest BCUT2D eigenvalue weighted by molar-refractivity contribution is 1.07. The van der Waals surface area contributed by atoms with Gasteiger partial charge in [-0.1, -0.05) is 39.7 Å². The Morgan fingerprint density at radius 1 is 1.04 bits per heavy atom. The van der Waals surface area contributed by atoms with E-state index >= 15 is 0 Å². The van der Waals surface area contributed by atoms with Crippen LogP contribution in [0.5, 0.6) is 0 Å². The molecule has 0 amide bonds. The molecule has 0 saturated carbocycles. The first kappa shape index (κ1) is 17.1. The third kappa shape index (κ3) is 3.20. The largest absolute Gasteiger partial charge is 0.324 e. The van der Waals surface area contributed by atoms with Crippen molar-refractivity contribution in [2.45, 2.75) is 13.8 Å². The molecule has 0 fully saturated rings. The van der Waals surface area contributed by atoms with Crippen molar-refractivity contribution in [2.24, 2.45) is 0 Å². The molecule has 1 N–H and O–H groups in total. The molecular weight excluding hydrogens is 412 g/mol. The van der Waals surface area contributed by atoms with Crippen molar-refractivity contribution in [2.75, 3.05) is 5.32 Å². The number of benzene rings is 2. The molecule has 0 spiro atoms. The van der Waals surface area contributed by atoms with Crippen LogP contribution in [0, 0.1) is 13.8 Å². The summed E-state index contributed by atoms with van der Waals surface area (Å²) in [5.41, 5.74) is 5.06. The number of fused-ring (bicyclic) bond motifs is 1. The maximum atomic E-state index is 6.10. The number of nitrogens with one attached hydrogen (secondary N) is 1. The van der Waals surface area contributed by atoms with Gasteiger partial charge in [0.2, 0.25) is 5.95 Å². The lowest BCUT2D eigenvalue weighted by Gasteiger charge is -2.10. The zero-order chi connectivity index (χ0) is 18.3. The molecular formula is C20H16BrClN4. The van der Waals surface area contributed by atoms with Crippen molar-refractivity contribution < 1.29 is 0 Å². The molecule has 0 atom stereocenters. The molecule has 4 rings (SSSR count). The molecule has 0 aliphatic heterocycles. The summed E-state index contributed by atoms with van der Waals surface area (Å²) in [6.45, 7) is 4.09. The van der Waals surface area contributed by atoms with Gasteiger partial charge in [0.25, 0.3) is 0 Å². The van der Waals surface area contributed by atoms with Gasteiger partial charge < -0.3 is 9.88 Å². The molecule has 2 heterocycles. The molecule has 2 aromatic heterocycles. The van der Waals surface area contributed by atoms with E-state index in [0.717, 1.165) is 32.4 Å². The lowest BCUT2D eigenvalue weighted by Crippen LogP contribution is -2.01. The van der Waals surface area contributed by atoms with E-state index in [-0.39, 0.29) is 0 Å². The highest BCUT2D eigenvalue weighted by Crippen LogP contribution is 2.26. The minimum absolute atomic E-state index is 0.536. The summed E-state index contributed by atoms with van der Waals surface area (Å²) in [6.07, 6.45) is 3.83. The smallest absolute Gasteiger partial charge is 0.229 e. The molecule has 26 heavy (non-hydrogen) atoms. The SMILES string of the molecule is Cc1ccc(-n2ccc3cnc(Nc4cc(Cl)ccc4C)nc32)cc1Br. The maximum absolute atomic E-state index is 6.10. The summed E-state index contributed by atoms with van der Waals surface area (Å²) < 4.78 is 3.12. The van der Waals surface area contributed by atoms with Gasteiger partial charge in [-0.3, -0.25) is 0 Å². The summed E-state index contributed by atoms with van der Waals surface area (Å²) in [7, 11) is 0. The highest BCUT2D eigenvalue weighted by Gasteiger charge is 2.09. The van der Waals surface area contributed by atoms with Gasteiger partial charge in [0, 0.05) is 38.7 Å². The molecule has 0 radical (unpaired) electrons. The van der Waals surface area contributed by atoms with E-state index in [4.69, 9.17) is 16.6 Å². The van der Waals surface area contributed by atoms with Crippen LogP contribution < -0.4 is 5.32 Å². The molecule has 4 aromatic rings. The first-order valence-electron chi connectivity index (χ1n) is 8.15. The minimum Gasteiger partial charge on any atom is -0.324 e. The molecule has 4 nitrogen and oxygen atoms in total. The fourth-order valence-corrected chi connectivity index (χ4v) is 3.31. The lowest BCUT2D eigenvalue weighted by atomic mass is 10.2. The zero-order valence-electron chi connectivity index (χ0n) is 14.3. The van der Waals surface area contributed by atoms with E-state index < -0.39 is 0 Å². The molecule has 0 bridgehead atoms. The molecule has 6 heteroatoms. The van der Waals surface area contributed by atoms with Crippen molar-refractivity contribution >= 4 is 50.2 Å². The number of hydrogen-bond donors (Lipinski definition) is 1. The molecule has 130 valence electrons. The van der Waals surface area contributed by atoms with E-state index in [1.54, 1.807) is 0 Å². The van der Waals surface area contributed by atoms with Gasteiger partial charge in [0.05, 0.1) is 0 Å². The third-order valence-electron chi connectivity index (χ3n) is 4.31. The van der Waals surface area contributed by atoms with E-state index in [2.05, 4.69) is 55.9 Å². The van der Waals surface area contributed by atoms with E-state index in [9.17, 15) is 0 Å². The predicted molar refractivity (Wildman–Crippen MR) is 111 cm³/mol. The van der Waals surface area contributed by atoms with E-state index in [1.165, 1.54) is 5.56 Å². The second-order valence-electron chi connectivity index (χ2n) is 6.18. The number of anilines is 2. The Kier molecular flexibility index (Phi) is 4.42. The van der Waals surface area contributed by atoms with E-state index in [1.807, 2.05) is 43.6 Å². The van der Waals surface area contributed by atoms with Crippen LogP contribution in [0.15, 0.2) is 59.3 Å². The van der Waals surface area contributed by atoms with Crippen LogP contribution >= 0.6 is 27.5 Å². The standard InChI is InChI=1S/C20H16BrClN4/c1-12-4-6-16(10-17(12)21)26-8-7-14-11-23-20(25-19(14)26)24-18-9-15(22)5-3-13(18)2/h3-11H,1-2H3,(H,23,24,25). The van der Waals surface area contributed by atoms with E-state index in [0.29, 0.717) is 11.0 Å². The highest BCUT2D eigenvalue weighted by molar-refractivity contribution is 9.10. The summed E-state index contributed by atoms with van der Waals surface area (Å²) >= 11 is 9.70. The number of halogens is 2. The Hall–Kier alpha value is -2.37. The zero-order valence-corrected chi connectivity index (χ0v) is 16.6. The normalized spacial score (nSPS) is 11.1. The topological polar surface area (TPSA) is 42.7 Å². The number of nitrogens with zero attached hydrogens (tertiary/aromatic N) is 3. The number of aromatic nitrogens is 3. The number of rotatable bonds is 3. The van der Waals surface area contributed by atoms with Crippen molar-refractivity contribution in [1.29, 1.82) is 0 Å². The molecule has 0 aliphatic rings. The molecule has 0 aliphatic carbocycles. The van der Waals surface area contributed by atoms with Crippen LogP contribution in [0.3, 0.4) is 0 Å². The fourth-order valence-electron chi connectivity index (χ4n) is 2.77. The monoisotopic (exact) mass is 426 g/mol. The average molecular weight is 428 g/mol. The van der Waals surface area contributed by atoms with Crippen molar-refractivity contribution in [3.8, 4) is 5.69 Å². The summed E-state index contributed by atoms with van der Waals surface area (Å²) in [5, 5.41) is 4.92. The second kappa shape index (κ2) is 6.74. The second-order valence-corrected chi connectivity index (χ2v) is 7.47. The number of aryl methyl sites for hydroxylation is 2. The van der Waals surface area contributed by atoms with Crippen LogP contribution in [-0.4, -0.2) is 14.5 Å². The van der Waals surface area contributed by atoms with Gasteiger partial charge in [-0.2, -0.15) is 4.98 Å². The average Bonchev–Trinajstić information content (AvgIpc) is 3.04. The quantitative estimate of drug-likeness (QED) is 0.423. The van der Waals surface area contributed by atoms with Crippen LogP contribution in [0.25, 0.3) is 16.7 Å². The van der Waals surface area contributed by atoms with Crippen molar-refractivity contribution in [1.82, 2.24) is 14.5 Å². The summed E-state index contributed by atoms with van der Waals surface area (Å²) in [4.78, 5) is 9.14. The fraction of sp³-hybridized carbons (Fsp3) is 0.100. The molecule has 0 unspecified atom stereocenters. The highest BCUT2D eigenvalue weighted by atomic mass is 79.9. The van der Waals surface area contributed by atoms with Gasteiger partial charge in [-0.25, -0.2) is 4.98 Å². The van der Waals surface area contributed by atoms with Gasteiger partial charge in [0.1, 0.15) is 5.65 Å². The van der Waals surface area contributed by atoms with Crippen LogP contribution in [0.1, 0.15) is 11.1 Å². The van der Waals surface area contributed by atoms with Crippen LogP contribution in [0.4, 0.5) is 11.6 Å². The Labute approximate surface area is 165 Å². The Morgan fingerprint density at radius 2 is 1.85 bits per heavy atom. The van der Waals surface area contributed by atoms with Crippen LogP contribution in [0.2, 0.25) is 5.02 Å². The van der Waals surface area contributed by atoms with Crippen molar-refractivity contribution in [3.05, 3.63) is 75.5 Å². The minimum atomic E-state index is 0.536. The molecule has 2 aromatic carbocycles. The van der Waals surface area contributed by atoms with Crippen LogP contribution in [-0.2, 0) is 0 Å². The first-order valence-corrected chi connectivity index (χ1v) is 9.32. The number of hydrogen-bond acceptors (Lipinski definition) is 3. The Morgan fingerprint density at radius 3 is 2.65 bits per heavy atom. The maximum Gasteiger partial charge on any atom is 0.229 e. The van der Waals surface area contributed by atoms with Gasteiger partial charge in [0.15, 0.2) is 0 Å². The molecule has 0 saturated heterocycles. The Bertz CT molecular complexity index is 1120. The third-order valence-corrected chi connectivity index (χ3v) is 5.40. The first-order chi connectivity index (χ1) is 12.5. The summed E-state index contributed by atoms with van der Waals surface area (Å²) in [6, 6.07) is 14.0. The Balaban J connectivity index is 1.77. The predicted octanol–water partition coefficient (Wildman–Crippen LogP) is 6.20. The van der Waals surface area contributed by atoms with Gasteiger partial charge in [-0.15, -0.1) is 0 Å².